The molecule has 9 nitrogen and oxygen atoms in total. The predicted octanol–water partition coefficient (Wildman–Crippen LogP) is 5.74. The molecule has 1 aliphatic heterocycles. The zero-order chi connectivity index (χ0) is 32.3. The van der Waals surface area contributed by atoms with Gasteiger partial charge in [-0.1, -0.05) is 91.9 Å². The van der Waals surface area contributed by atoms with Crippen molar-refractivity contribution in [3.8, 4) is 0 Å². The zero-order valence-electron chi connectivity index (χ0n) is 25.9. The van der Waals surface area contributed by atoms with E-state index in [1.54, 1.807) is 18.0 Å². The van der Waals surface area contributed by atoms with Gasteiger partial charge in [0.1, 0.15) is 6.04 Å². The third-order valence-corrected chi connectivity index (χ3v) is 8.97. The van der Waals surface area contributed by atoms with Gasteiger partial charge in [0.15, 0.2) is 6.29 Å². The normalized spacial score (nSPS) is 20.0. The van der Waals surface area contributed by atoms with E-state index < -0.39 is 24.3 Å². The molecule has 3 aromatic carbocycles. The molecule has 0 spiro atoms. The maximum absolute atomic E-state index is 12.7. The van der Waals surface area contributed by atoms with E-state index in [1.165, 1.54) is 7.11 Å². The lowest BCUT2D eigenvalue weighted by molar-refractivity contribution is -0.268. The Morgan fingerprint density at radius 3 is 2.26 bits per heavy atom. The maximum Gasteiger partial charge on any atom is 0.328 e. The van der Waals surface area contributed by atoms with Gasteiger partial charge in [-0.3, -0.25) is 0 Å². The highest BCUT2D eigenvalue weighted by Crippen LogP contribution is 2.42. The number of aliphatic hydroxyl groups excluding tert-OH is 1. The van der Waals surface area contributed by atoms with Crippen molar-refractivity contribution >= 4 is 23.8 Å². The number of urea groups is 1. The van der Waals surface area contributed by atoms with Crippen molar-refractivity contribution in [3.63, 3.8) is 0 Å². The minimum Gasteiger partial charge on any atom is -0.467 e. The number of amides is 2. The van der Waals surface area contributed by atoms with Gasteiger partial charge in [0.05, 0.1) is 31.0 Å². The van der Waals surface area contributed by atoms with Crippen molar-refractivity contribution < 1.29 is 28.9 Å². The third kappa shape index (κ3) is 8.95. The molecular weight excluding hydrogens is 602 g/mol. The van der Waals surface area contributed by atoms with Crippen LogP contribution in [0.2, 0.25) is 0 Å². The number of aromatic nitrogens is 1. The number of carbonyl (C=O) groups is 2. The smallest absolute Gasteiger partial charge is 0.328 e. The van der Waals surface area contributed by atoms with Crippen LogP contribution in [0.3, 0.4) is 0 Å². The number of hydrogen-bond acceptors (Lipinski definition) is 8. The van der Waals surface area contributed by atoms with Gasteiger partial charge in [-0.15, -0.1) is 11.8 Å². The van der Waals surface area contributed by atoms with Crippen molar-refractivity contribution in [1.82, 2.24) is 15.6 Å². The molecule has 0 bridgehead atoms. The second-order valence-corrected chi connectivity index (χ2v) is 12.2. The summed E-state index contributed by atoms with van der Waals surface area (Å²) in [5, 5.41) is 16.0. The first kappa shape index (κ1) is 33.2. The van der Waals surface area contributed by atoms with Gasteiger partial charge < -0.3 is 30.0 Å². The fourth-order valence-corrected chi connectivity index (χ4v) is 6.31. The largest absolute Gasteiger partial charge is 0.467 e. The van der Waals surface area contributed by atoms with Gasteiger partial charge in [0.2, 0.25) is 0 Å². The summed E-state index contributed by atoms with van der Waals surface area (Å²) < 4.78 is 18.0. The summed E-state index contributed by atoms with van der Waals surface area (Å²) >= 11 is 1.65. The Balaban J connectivity index is 1.23. The van der Waals surface area contributed by atoms with E-state index in [1.807, 2.05) is 97.1 Å². The van der Waals surface area contributed by atoms with Crippen molar-refractivity contribution in [2.45, 2.75) is 56.1 Å². The molecule has 240 valence electrons. The SMILES string of the molecule is COC(=O)[C@H](Cc1ccccc1)NC(=O)NCc1ccc([C@@H]2O[C@H](CSc3ccccn3)[C@H](C)[C@H](c3ccc(CO)cc3)O2)cc1. The van der Waals surface area contributed by atoms with Gasteiger partial charge >= 0.3 is 12.0 Å². The molecule has 0 unspecified atom stereocenters. The number of rotatable bonds is 12. The molecule has 1 fully saturated rings. The fourth-order valence-electron chi connectivity index (χ4n) is 5.28. The summed E-state index contributed by atoms with van der Waals surface area (Å²) in [6, 6.07) is 29.6. The number of thioether (sulfide) groups is 1. The fraction of sp³-hybridized carbons (Fsp3) is 0.306. The molecule has 1 aromatic heterocycles. The van der Waals surface area contributed by atoms with Crippen LogP contribution in [0, 0.1) is 5.92 Å². The highest BCUT2D eigenvalue weighted by atomic mass is 32.2. The van der Waals surface area contributed by atoms with E-state index in [-0.39, 0.29) is 31.3 Å². The monoisotopic (exact) mass is 641 g/mol. The highest BCUT2D eigenvalue weighted by molar-refractivity contribution is 7.99. The van der Waals surface area contributed by atoms with E-state index >= 15 is 0 Å². The molecule has 0 saturated carbocycles. The average molecular weight is 642 g/mol. The van der Waals surface area contributed by atoms with Crippen molar-refractivity contribution in [1.29, 1.82) is 0 Å². The number of methoxy groups -OCH3 is 1. The van der Waals surface area contributed by atoms with Crippen LogP contribution in [-0.2, 0) is 38.6 Å². The van der Waals surface area contributed by atoms with E-state index in [4.69, 9.17) is 14.2 Å². The Labute approximate surface area is 273 Å². The summed E-state index contributed by atoms with van der Waals surface area (Å²) in [4.78, 5) is 29.5. The van der Waals surface area contributed by atoms with Crippen LogP contribution in [0.15, 0.2) is 108 Å². The number of esters is 1. The van der Waals surface area contributed by atoms with Gasteiger partial charge in [-0.25, -0.2) is 14.6 Å². The zero-order valence-corrected chi connectivity index (χ0v) is 26.7. The number of nitrogens with one attached hydrogen (secondary N) is 2. The molecule has 0 aliphatic carbocycles. The first-order chi connectivity index (χ1) is 22.4. The molecule has 2 amide bonds. The number of carbonyl (C=O) groups excluding carboxylic acids is 2. The Bertz CT molecular complexity index is 1540. The Kier molecular flexibility index (Phi) is 11.8. The standard InChI is InChI=1S/C36H39N3O6S/c1-24-31(23-46-32-10-6-7-19-37-32)44-35(45-33(24)28-15-13-27(22-40)14-16-28)29-17-11-26(12-18-29)21-38-36(42)39-30(34(41)43-2)20-25-8-4-3-5-9-25/h3-19,24,30-31,33,35,40H,20-23H2,1-2H3,(H2,38,39,42)/t24-,30-,31+,33+,35+/m0/s1. The van der Waals surface area contributed by atoms with Crippen molar-refractivity contribution in [2.24, 2.45) is 5.92 Å². The molecule has 1 saturated heterocycles. The maximum atomic E-state index is 12.7. The summed E-state index contributed by atoms with van der Waals surface area (Å²) in [6.45, 7) is 2.38. The number of nitrogens with zero attached hydrogens (tertiary/aromatic N) is 1. The minimum atomic E-state index is -0.811. The third-order valence-electron chi connectivity index (χ3n) is 7.94. The lowest BCUT2D eigenvalue weighted by atomic mass is 9.91. The van der Waals surface area contributed by atoms with E-state index in [0.717, 1.165) is 32.8 Å². The Morgan fingerprint density at radius 2 is 1.59 bits per heavy atom. The van der Waals surface area contributed by atoms with Crippen molar-refractivity contribution in [3.05, 3.63) is 131 Å². The lowest BCUT2D eigenvalue weighted by Crippen LogP contribution is -2.47. The minimum absolute atomic E-state index is 0.0150. The molecule has 2 heterocycles. The number of pyridine rings is 1. The van der Waals surface area contributed by atoms with Gasteiger partial charge in [0.25, 0.3) is 0 Å². The Hall–Kier alpha value is -4.22. The number of hydrogen-bond donors (Lipinski definition) is 3. The first-order valence-electron chi connectivity index (χ1n) is 15.2. The molecule has 5 atom stereocenters. The van der Waals surface area contributed by atoms with Gasteiger partial charge in [0, 0.05) is 36.4 Å². The summed E-state index contributed by atoms with van der Waals surface area (Å²) in [5.41, 5.74) is 4.52. The number of benzene rings is 3. The molecule has 10 heteroatoms. The molecule has 1 aliphatic rings. The van der Waals surface area contributed by atoms with Gasteiger partial charge in [-0.2, -0.15) is 0 Å². The topological polar surface area (TPSA) is 119 Å². The Morgan fingerprint density at radius 1 is 0.891 bits per heavy atom. The molecule has 3 N–H and O–H groups in total. The average Bonchev–Trinajstić information content (AvgIpc) is 3.11. The van der Waals surface area contributed by atoms with Crippen LogP contribution in [0.1, 0.15) is 47.1 Å². The van der Waals surface area contributed by atoms with Crippen LogP contribution in [0.5, 0.6) is 0 Å². The summed E-state index contributed by atoms with van der Waals surface area (Å²) in [6.07, 6.45) is 1.18. The molecule has 4 aromatic rings. The predicted molar refractivity (Wildman–Crippen MR) is 176 cm³/mol. The van der Waals surface area contributed by atoms with E-state index in [0.29, 0.717) is 12.2 Å². The second kappa shape index (κ2) is 16.4. The number of aliphatic hydroxyl groups is 1. The van der Waals surface area contributed by atoms with Crippen LogP contribution in [0.4, 0.5) is 4.79 Å². The van der Waals surface area contributed by atoms with E-state index in [2.05, 4.69) is 22.5 Å². The van der Waals surface area contributed by atoms with Crippen LogP contribution in [-0.4, -0.2) is 47.1 Å². The summed E-state index contributed by atoms with van der Waals surface area (Å²) in [7, 11) is 1.30. The summed E-state index contributed by atoms with van der Waals surface area (Å²) in [5.74, 6) is 0.256. The van der Waals surface area contributed by atoms with Crippen molar-refractivity contribution in [2.75, 3.05) is 12.9 Å². The van der Waals surface area contributed by atoms with E-state index in [9.17, 15) is 14.7 Å². The van der Waals surface area contributed by atoms with Crippen LogP contribution < -0.4 is 10.6 Å². The highest BCUT2D eigenvalue weighted by Gasteiger charge is 2.38. The second-order valence-electron chi connectivity index (χ2n) is 11.1. The molecule has 5 rings (SSSR count). The lowest BCUT2D eigenvalue weighted by Gasteiger charge is -2.41. The first-order valence-corrected chi connectivity index (χ1v) is 16.2. The quantitative estimate of drug-likeness (QED) is 0.132. The number of ether oxygens (including phenoxy) is 3. The molecular formula is C36H39N3O6S. The van der Waals surface area contributed by atoms with Crippen LogP contribution in [0.25, 0.3) is 0 Å². The molecule has 0 radical (unpaired) electrons. The van der Waals surface area contributed by atoms with Gasteiger partial charge in [-0.05, 0) is 34.4 Å². The molecule has 46 heavy (non-hydrogen) atoms. The van der Waals surface area contributed by atoms with Crippen LogP contribution >= 0.6 is 11.8 Å².